The molecule has 0 aliphatic heterocycles. The smallest absolute Gasteiger partial charge is 0.0626 e. The lowest BCUT2D eigenvalue weighted by Gasteiger charge is -2.10. The summed E-state index contributed by atoms with van der Waals surface area (Å²) in [6.07, 6.45) is 1.91. The van der Waals surface area contributed by atoms with Crippen molar-refractivity contribution in [1.29, 1.82) is 0 Å². The highest BCUT2D eigenvalue weighted by Crippen LogP contribution is 2.09. The van der Waals surface area contributed by atoms with Gasteiger partial charge in [0.2, 0.25) is 0 Å². The molecule has 0 aliphatic carbocycles. The number of halogens is 1. The number of aromatic nitrogens is 2. The van der Waals surface area contributed by atoms with Gasteiger partial charge in [-0.2, -0.15) is 5.10 Å². The van der Waals surface area contributed by atoms with Crippen LogP contribution in [-0.4, -0.2) is 35.3 Å². The van der Waals surface area contributed by atoms with Gasteiger partial charge >= 0.3 is 0 Å². The van der Waals surface area contributed by atoms with E-state index in [4.69, 9.17) is 0 Å². The van der Waals surface area contributed by atoms with Crippen LogP contribution in [0.1, 0.15) is 5.69 Å². The minimum absolute atomic E-state index is 0.974. The molecule has 1 heterocycles. The highest BCUT2D eigenvalue weighted by atomic mass is 127. The van der Waals surface area contributed by atoms with Gasteiger partial charge < -0.3 is 4.90 Å². The van der Waals surface area contributed by atoms with Crippen molar-refractivity contribution in [3.63, 3.8) is 0 Å². The van der Waals surface area contributed by atoms with Crippen LogP contribution in [0.15, 0.2) is 6.20 Å². The fourth-order valence-corrected chi connectivity index (χ4v) is 1.35. The largest absolute Gasteiger partial charge is 0.308 e. The van der Waals surface area contributed by atoms with Crippen molar-refractivity contribution >= 4 is 22.6 Å². The van der Waals surface area contributed by atoms with Gasteiger partial charge in [-0.3, -0.25) is 4.68 Å². The normalized spacial score (nSPS) is 11.1. The van der Waals surface area contributed by atoms with Gasteiger partial charge in [0, 0.05) is 12.2 Å². The van der Waals surface area contributed by atoms with Crippen molar-refractivity contribution in [3.8, 4) is 0 Å². The third-order valence-corrected chi connectivity index (χ3v) is 2.86. The first kappa shape index (κ1) is 9.98. The third kappa shape index (κ3) is 2.45. The van der Waals surface area contributed by atoms with E-state index >= 15 is 0 Å². The second-order valence-electron chi connectivity index (χ2n) is 3.10. The summed E-state index contributed by atoms with van der Waals surface area (Å²) in [7, 11) is 4.15. The zero-order valence-electron chi connectivity index (χ0n) is 7.71. The highest BCUT2D eigenvalue weighted by Gasteiger charge is 2.02. The number of nitrogens with zero attached hydrogens (tertiary/aromatic N) is 3. The quantitative estimate of drug-likeness (QED) is 0.779. The Labute approximate surface area is 86.9 Å². The molecule has 0 fully saturated rings. The van der Waals surface area contributed by atoms with E-state index < -0.39 is 0 Å². The summed E-state index contributed by atoms with van der Waals surface area (Å²) in [5.41, 5.74) is 1.26. The summed E-state index contributed by atoms with van der Waals surface area (Å²) in [4.78, 5) is 2.16. The Balaban J connectivity index is 2.58. The molecule has 12 heavy (non-hydrogen) atoms. The molecule has 0 amide bonds. The predicted molar refractivity (Wildman–Crippen MR) is 58.2 cm³/mol. The van der Waals surface area contributed by atoms with Crippen LogP contribution in [0.25, 0.3) is 0 Å². The van der Waals surface area contributed by atoms with Gasteiger partial charge in [-0.05, 0) is 43.6 Å². The predicted octanol–water partition coefficient (Wildman–Crippen LogP) is 1.36. The fraction of sp³-hybridized carbons (Fsp3) is 0.625. The van der Waals surface area contributed by atoms with Crippen LogP contribution in [0.4, 0.5) is 0 Å². The SMILES string of the molecule is Cc1c(I)cnn1CCN(C)C. The van der Waals surface area contributed by atoms with Crippen molar-refractivity contribution in [2.45, 2.75) is 13.5 Å². The molecule has 0 saturated heterocycles. The molecule has 0 N–H and O–H groups in total. The van der Waals surface area contributed by atoms with Gasteiger partial charge in [0.1, 0.15) is 0 Å². The maximum Gasteiger partial charge on any atom is 0.0626 e. The van der Waals surface area contributed by atoms with Crippen LogP contribution in [0, 0.1) is 10.5 Å². The van der Waals surface area contributed by atoms with E-state index in [0.29, 0.717) is 0 Å². The molecule has 0 saturated carbocycles. The van der Waals surface area contributed by atoms with Crippen LogP contribution >= 0.6 is 22.6 Å². The molecule has 0 spiro atoms. The molecule has 1 aromatic heterocycles. The molecule has 0 bridgehead atoms. The molecule has 0 radical (unpaired) electrons. The Morgan fingerprint density at radius 2 is 2.25 bits per heavy atom. The molecule has 1 rings (SSSR count). The molecule has 0 aromatic carbocycles. The van der Waals surface area contributed by atoms with Crippen molar-refractivity contribution in [1.82, 2.24) is 14.7 Å². The van der Waals surface area contributed by atoms with E-state index in [1.165, 1.54) is 9.26 Å². The number of hydrogen-bond donors (Lipinski definition) is 0. The van der Waals surface area contributed by atoms with Crippen molar-refractivity contribution in [2.24, 2.45) is 0 Å². The monoisotopic (exact) mass is 279 g/mol. The Morgan fingerprint density at radius 1 is 1.58 bits per heavy atom. The molecule has 3 nitrogen and oxygen atoms in total. The molecule has 0 atom stereocenters. The van der Waals surface area contributed by atoms with E-state index in [-0.39, 0.29) is 0 Å². The van der Waals surface area contributed by atoms with E-state index in [0.717, 1.165) is 13.1 Å². The zero-order valence-corrected chi connectivity index (χ0v) is 9.87. The lowest BCUT2D eigenvalue weighted by molar-refractivity contribution is 0.371. The minimum Gasteiger partial charge on any atom is -0.308 e. The number of likely N-dealkylation sites (N-methyl/N-ethyl adjacent to an activating group) is 1. The first-order chi connectivity index (χ1) is 5.61. The standard InChI is InChI=1S/C8H14IN3/c1-7-8(9)6-10-12(7)5-4-11(2)3/h6H,4-5H2,1-3H3. The summed E-state index contributed by atoms with van der Waals surface area (Å²) in [5.74, 6) is 0. The maximum absolute atomic E-state index is 4.27. The number of hydrogen-bond acceptors (Lipinski definition) is 2. The second-order valence-corrected chi connectivity index (χ2v) is 4.27. The third-order valence-electron chi connectivity index (χ3n) is 1.80. The van der Waals surface area contributed by atoms with Gasteiger partial charge in [-0.25, -0.2) is 0 Å². The summed E-state index contributed by atoms with van der Waals surface area (Å²) >= 11 is 2.31. The van der Waals surface area contributed by atoms with Crippen LogP contribution < -0.4 is 0 Å². The van der Waals surface area contributed by atoms with E-state index in [1.807, 2.05) is 10.9 Å². The van der Waals surface area contributed by atoms with Crippen molar-refractivity contribution in [2.75, 3.05) is 20.6 Å². The van der Waals surface area contributed by atoms with Crippen molar-refractivity contribution < 1.29 is 0 Å². The molecular formula is C8H14IN3. The van der Waals surface area contributed by atoms with Gasteiger partial charge in [0.15, 0.2) is 0 Å². The van der Waals surface area contributed by atoms with Crippen LogP contribution in [-0.2, 0) is 6.54 Å². The summed E-state index contributed by atoms with van der Waals surface area (Å²) in [5, 5.41) is 4.27. The topological polar surface area (TPSA) is 21.1 Å². The van der Waals surface area contributed by atoms with E-state index in [2.05, 4.69) is 53.6 Å². The molecular weight excluding hydrogens is 265 g/mol. The van der Waals surface area contributed by atoms with Gasteiger partial charge in [-0.1, -0.05) is 0 Å². The Bertz CT molecular complexity index is 255. The zero-order chi connectivity index (χ0) is 9.14. The average molecular weight is 279 g/mol. The minimum atomic E-state index is 0.974. The summed E-state index contributed by atoms with van der Waals surface area (Å²) < 4.78 is 3.29. The first-order valence-corrected chi connectivity index (χ1v) is 5.02. The Hall–Kier alpha value is -0.100. The van der Waals surface area contributed by atoms with Crippen LogP contribution in [0.3, 0.4) is 0 Å². The number of rotatable bonds is 3. The average Bonchev–Trinajstić information content (AvgIpc) is 2.30. The van der Waals surface area contributed by atoms with Crippen LogP contribution in [0.2, 0.25) is 0 Å². The molecule has 68 valence electrons. The Morgan fingerprint density at radius 3 is 2.67 bits per heavy atom. The van der Waals surface area contributed by atoms with Gasteiger partial charge in [0.05, 0.1) is 16.3 Å². The lowest BCUT2D eigenvalue weighted by atomic mass is 10.5. The van der Waals surface area contributed by atoms with E-state index in [9.17, 15) is 0 Å². The summed E-state index contributed by atoms with van der Waals surface area (Å²) in [6.45, 7) is 4.12. The van der Waals surface area contributed by atoms with Crippen molar-refractivity contribution in [3.05, 3.63) is 15.5 Å². The second kappa shape index (κ2) is 4.23. The highest BCUT2D eigenvalue weighted by molar-refractivity contribution is 14.1. The summed E-state index contributed by atoms with van der Waals surface area (Å²) in [6, 6.07) is 0. The van der Waals surface area contributed by atoms with Gasteiger partial charge in [-0.15, -0.1) is 0 Å². The molecule has 0 unspecified atom stereocenters. The molecule has 1 aromatic rings. The van der Waals surface area contributed by atoms with Crippen LogP contribution in [0.5, 0.6) is 0 Å². The van der Waals surface area contributed by atoms with E-state index in [1.54, 1.807) is 0 Å². The van der Waals surface area contributed by atoms with Gasteiger partial charge in [0.25, 0.3) is 0 Å². The first-order valence-electron chi connectivity index (χ1n) is 3.94. The fourth-order valence-electron chi connectivity index (χ4n) is 0.944. The molecule has 4 heteroatoms. The lowest BCUT2D eigenvalue weighted by Crippen LogP contribution is -2.19. The Kier molecular flexibility index (Phi) is 3.52. The molecule has 0 aliphatic rings. The maximum atomic E-state index is 4.27.